The third-order valence-electron chi connectivity index (χ3n) is 7.00. The molecule has 5 rings (SSSR count). The van der Waals surface area contributed by atoms with Crippen LogP contribution in [0, 0.1) is 17.6 Å². The smallest absolute Gasteiger partial charge is 0.410 e. The lowest BCUT2D eigenvalue weighted by Gasteiger charge is -2.33. The van der Waals surface area contributed by atoms with Crippen LogP contribution in [0.4, 0.5) is 25.2 Å². The van der Waals surface area contributed by atoms with Crippen LogP contribution in [0.2, 0.25) is 0 Å². The number of nitrogens with zero attached hydrogens (tertiary/aromatic N) is 4. The lowest BCUT2D eigenvalue weighted by molar-refractivity contribution is 0.0183. The van der Waals surface area contributed by atoms with Crippen molar-refractivity contribution in [3.05, 3.63) is 83.7 Å². The maximum Gasteiger partial charge on any atom is 0.410 e. The van der Waals surface area contributed by atoms with Crippen LogP contribution < -0.4 is 10.6 Å². The van der Waals surface area contributed by atoms with Crippen LogP contribution in [0.1, 0.15) is 49.5 Å². The van der Waals surface area contributed by atoms with E-state index in [-0.39, 0.29) is 18.5 Å². The first-order valence-electron chi connectivity index (χ1n) is 13.9. The van der Waals surface area contributed by atoms with Gasteiger partial charge in [0.1, 0.15) is 22.9 Å². The molecule has 1 saturated heterocycles. The maximum absolute atomic E-state index is 13.6. The van der Waals surface area contributed by atoms with Crippen molar-refractivity contribution in [3.63, 3.8) is 0 Å². The molecule has 1 aliphatic rings. The second-order valence-corrected chi connectivity index (χ2v) is 11.5. The highest BCUT2D eigenvalue weighted by molar-refractivity contribution is 5.94. The topological polar surface area (TPSA) is 101 Å². The third-order valence-corrected chi connectivity index (χ3v) is 7.00. The summed E-state index contributed by atoms with van der Waals surface area (Å²) in [5, 5.41) is 6.94. The first kappa shape index (κ1) is 29.0. The summed E-state index contributed by atoms with van der Waals surface area (Å²) < 4.78 is 34.5. The first-order chi connectivity index (χ1) is 20.0. The molecule has 0 bridgehead atoms. The van der Waals surface area contributed by atoms with E-state index in [4.69, 9.17) is 4.74 Å². The molecule has 0 atom stereocenters. The molecule has 2 aromatic carbocycles. The number of fused-ring (bicyclic) bond motifs is 1. The molecule has 42 heavy (non-hydrogen) atoms. The summed E-state index contributed by atoms with van der Waals surface area (Å²) in [6, 6.07) is 12.3. The van der Waals surface area contributed by atoms with Gasteiger partial charge in [0, 0.05) is 61.3 Å². The number of aromatic nitrogens is 3. The molecule has 3 heterocycles. The van der Waals surface area contributed by atoms with Crippen LogP contribution in [0.15, 0.2) is 60.9 Å². The number of benzene rings is 2. The average Bonchev–Trinajstić information content (AvgIpc) is 3.32. The Hall–Kier alpha value is -4.54. The van der Waals surface area contributed by atoms with Gasteiger partial charge in [-0.25, -0.2) is 18.6 Å². The number of likely N-dealkylation sites (tertiary alicyclic amines) is 1. The molecular formula is C31H34F2N6O3. The Morgan fingerprint density at radius 2 is 1.71 bits per heavy atom. The summed E-state index contributed by atoms with van der Waals surface area (Å²) in [6.45, 7) is 7.56. The molecule has 9 nitrogen and oxygen atoms in total. The number of carbonyl (C=O) groups excluding carboxylic acids is 2. The van der Waals surface area contributed by atoms with Crippen LogP contribution in [0.5, 0.6) is 0 Å². The Kier molecular flexibility index (Phi) is 8.37. The second kappa shape index (κ2) is 12.1. The molecule has 2 N–H and O–H groups in total. The minimum absolute atomic E-state index is 0.166. The number of ether oxygens (including phenoxy) is 1. The Morgan fingerprint density at radius 1 is 1.02 bits per heavy atom. The van der Waals surface area contributed by atoms with Crippen LogP contribution >= 0.6 is 0 Å². The molecule has 1 aliphatic heterocycles. The molecule has 2 aromatic heterocycles. The number of nitrogens with one attached hydrogen (secondary N) is 2. The lowest BCUT2D eigenvalue weighted by atomic mass is 9.97. The van der Waals surface area contributed by atoms with Gasteiger partial charge in [-0.3, -0.25) is 4.79 Å². The van der Waals surface area contributed by atoms with Gasteiger partial charge >= 0.3 is 6.09 Å². The number of amides is 2. The number of carbonyl (C=O) groups is 2. The summed E-state index contributed by atoms with van der Waals surface area (Å²) in [5.74, 6) is -0.782. The molecular weight excluding hydrogens is 542 g/mol. The van der Waals surface area contributed by atoms with Crippen LogP contribution in [-0.4, -0.2) is 56.7 Å². The van der Waals surface area contributed by atoms with Crippen molar-refractivity contribution in [2.75, 3.05) is 25.0 Å². The van der Waals surface area contributed by atoms with Crippen LogP contribution in [0.25, 0.3) is 11.0 Å². The van der Waals surface area contributed by atoms with E-state index in [1.165, 1.54) is 12.1 Å². The molecule has 0 saturated carbocycles. The minimum Gasteiger partial charge on any atom is -0.444 e. The summed E-state index contributed by atoms with van der Waals surface area (Å²) in [7, 11) is 0. The molecule has 11 heteroatoms. The molecule has 0 radical (unpaired) electrons. The van der Waals surface area contributed by atoms with Gasteiger partial charge in [-0.15, -0.1) is 0 Å². The third kappa shape index (κ3) is 7.39. The largest absolute Gasteiger partial charge is 0.444 e. The monoisotopic (exact) mass is 576 g/mol. The predicted octanol–water partition coefficient (Wildman–Crippen LogP) is 5.88. The highest BCUT2D eigenvalue weighted by atomic mass is 19.1. The average molecular weight is 577 g/mol. The highest BCUT2D eigenvalue weighted by Crippen LogP contribution is 2.21. The summed E-state index contributed by atoms with van der Waals surface area (Å²) in [5.41, 5.74) is 1.81. The van der Waals surface area contributed by atoms with Gasteiger partial charge in [0.05, 0.1) is 0 Å². The minimum atomic E-state index is -0.629. The van der Waals surface area contributed by atoms with Gasteiger partial charge in [-0.2, -0.15) is 4.98 Å². The fourth-order valence-electron chi connectivity index (χ4n) is 4.88. The van der Waals surface area contributed by atoms with Crippen LogP contribution in [0.3, 0.4) is 0 Å². The van der Waals surface area contributed by atoms with Gasteiger partial charge < -0.3 is 24.8 Å². The number of halogens is 2. The van der Waals surface area contributed by atoms with E-state index in [9.17, 15) is 18.4 Å². The van der Waals surface area contributed by atoms with E-state index in [2.05, 4.69) is 20.6 Å². The number of hydrogen-bond acceptors (Lipinski definition) is 6. The highest BCUT2D eigenvalue weighted by Gasteiger charge is 2.27. The molecule has 1 fully saturated rings. The summed E-state index contributed by atoms with van der Waals surface area (Å²) in [6.07, 6.45) is 4.78. The molecule has 2 amide bonds. The lowest BCUT2D eigenvalue weighted by Crippen LogP contribution is -2.43. The van der Waals surface area contributed by atoms with Crippen molar-refractivity contribution in [2.45, 2.75) is 45.8 Å². The normalized spacial score (nSPS) is 14.2. The second-order valence-electron chi connectivity index (χ2n) is 11.5. The van der Waals surface area contributed by atoms with Gasteiger partial charge in [-0.1, -0.05) is 0 Å². The molecule has 220 valence electrons. The van der Waals surface area contributed by atoms with Crippen molar-refractivity contribution in [1.29, 1.82) is 0 Å². The zero-order valence-corrected chi connectivity index (χ0v) is 23.9. The van der Waals surface area contributed by atoms with Crippen molar-refractivity contribution < 1.29 is 23.1 Å². The number of hydrogen-bond donors (Lipinski definition) is 2. The fourth-order valence-corrected chi connectivity index (χ4v) is 4.88. The molecule has 0 aliphatic carbocycles. The van der Waals surface area contributed by atoms with Gasteiger partial charge in [-0.05, 0) is 87.6 Å². The van der Waals surface area contributed by atoms with Crippen molar-refractivity contribution in [2.24, 2.45) is 5.92 Å². The molecule has 0 spiro atoms. The van der Waals surface area contributed by atoms with Crippen molar-refractivity contribution in [3.8, 4) is 0 Å². The van der Waals surface area contributed by atoms with Crippen molar-refractivity contribution in [1.82, 2.24) is 24.8 Å². The Balaban J connectivity index is 1.14. The Bertz CT molecular complexity index is 1550. The molecule has 0 unspecified atom stereocenters. The quantitative estimate of drug-likeness (QED) is 0.285. The number of anilines is 2. The SMILES string of the molecule is CC(C)(C)OC(=O)N1CCC(CNC(=O)c2ccc(Nc3ncc4ccn(Cc5cc(F)cc(F)c5)c4n3)cc2)CC1. The first-order valence-corrected chi connectivity index (χ1v) is 13.9. The van der Waals surface area contributed by atoms with Crippen LogP contribution in [-0.2, 0) is 11.3 Å². The summed E-state index contributed by atoms with van der Waals surface area (Å²) >= 11 is 0. The van der Waals surface area contributed by atoms with E-state index in [0.717, 1.165) is 24.3 Å². The van der Waals surface area contributed by atoms with E-state index >= 15 is 0 Å². The zero-order chi connectivity index (χ0) is 29.9. The standard InChI is InChI=1S/C31H34F2N6O3/c1-31(2,3)42-30(41)38-11-8-20(9-12-38)17-34-28(40)22-4-6-26(7-5-22)36-29-35-18-23-10-13-39(27(23)37-29)19-21-14-24(32)16-25(33)15-21/h4-7,10,13-16,18,20H,8-9,11-12,17,19H2,1-3H3,(H,34,40)(H,35,36,37). The van der Waals surface area contributed by atoms with E-state index in [0.29, 0.717) is 54.0 Å². The van der Waals surface area contributed by atoms with Gasteiger partial charge in [0.2, 0.25) is 5.95 Å². The summed E-state index contributed by atoms with van der Waals surface area (Å²) in [4.78, 5) is 35.7. The molecule has 4 aromatic rings. The zero-order valence-electron chi connectivity index (χ0n) is 23.9. The number of piperidine rings is 1. The van der Waals surface area contributed by atoms with E-state index < -0.39 is 17.2 Å². The maximum atomic E-state index is 13.6. The van der Waals surface area contributed by atoms with E-state index in [1.807, 2.05) is 26.8 Å². The van der Waals surface area contributed by atoms with E-state index in [1.54, 1.807) is 46.1 Å². The van der Waals surface area contributed by atoms with Gasteiger partial charge in [0.25, 0.3) is 5.91 Å². The number of rotatable bonds is 7. The predicted molar refractivity (Wildman–Crippen MR) is 156 cm³/mol. The Morgan fingerprint density at radius 3 is 2.38 bits per heavy atom. The fraction of sp³-hybridized carbons (Fsp3) is 0.355. The van der Waals surface area contributed by atoms with Crippen molar-refractivity contribution >= 4 is 34.7 Å². The van der Waals surface area contributed by atoms with Gasteiger partial charge in [0.15, 0.2) is 0 Å². The Labute approximate surface area is 242 Å².